The Kier molecular flexibility index (Phi) is 11.5. The first-order valence-corrected chi connectivity index (χ1v) is 28.8. The molecular formula is C74H74BN3. The molecule has 3 nitrogen and oxygen atoms in total. The molecule has 4 aliphatic rings. The number of fused-ring (bicyclic) bond motifs is 7. The fraction of sp³-hybridized carbons (Fsp3) is 0.270. The molecule has 0 bridgehead atoms. The summed E-state index contributed by atoms with van der Waals surface area (Å²) in [6.07, 6.45) is 4.65. The normalized spacial score (nSPS) is 18.5. The second-order valence-corrected chi connectivity index (χ2v) is 26.5. The fourth-order valence-electron chi connectivity index (χ4n) is 14.1. The van der Waals surface area contributed by atoms with E-state index in [2.05, 4.69) is 291 Å². The Morgan fingerprint density at radius 1 is 0.372 bits per heavy atom. The lowest BCUT2D eigenvalue weighted by Gasteiger charge is -2.51. The van der Waals surface area contributed by atoms with E-state index in [9.17, 15) is 0 Å². The van der Waals surface area contributed by atoms with Gasteiger partial charge < -0.3 is 14.7 Å². The minimum Gasteiger partial charge on any atom is -0.334 e. The molecule has 9 aromatic carbocycles. The largest absolute Gasteiger partial charge is 0.334 e. The minimum absolute atomic E-state index is 0.0133. The van der Waals surface area contributed by atoms with E-state index in [0.717, 1.165) is 12.8 Å². The number of rotatable bonds is 6. The number of anilines is 8. The van der Waals surface area contributed by atoms with Crippen molar-refractivity contribution in [3.05, 3.63) is 222 Å². The predicted octanol–water partition coefficient (Wildman–Crippen LogP) is 18.4. The smallest absolute Gasteiger partial charge is 0.252 e. The summed E-state index contributed by atoms with van der Waals surface area (Å²) in [6.45, 7) is 26.1. The van der Waals surface area contributed by atoms with Gasteiger partial charge in [-0.2, -0.15) is 0 Å². The van der Waals surface area contributed by atoms with Crippen LogP contribution >= 0.6 is 0 Å². The second-order valence-electron chi connectivity index (χ2n) is 26.5. The van der Waals surface area contributed by atoms with Crippen LogP contribution in [0.5, 0.6) is 0 Å². The van der Waals surface area contributed by atoms with Crippen LogP contribution in [-0.4, -0.2) is 12.3 Å². The topological polar surface area (TPSA) is 9.72 Å². The van der Waals surface area contributed by atoms with Crippen molar-refractivity contribution in [2.24, 2.45) is 0 Å². The van der Waals surface area contributed by atoms with Crippen molar-refractivity contribution < 1.29 is 0 Å². The highest BCUT2D eigenvalue weighted by Gasteiger charge is 2.58. The Bertz CT molecular complexity index is 3620. The van der Waals surface area contributed by atoms with Crippen LogP contribution in [-0.2, 0) is 21.7 Å². The van der Waals surface area contributed by atoms with E-state index in [4.69, 9.17) is 0 Å². The van der Waals surface area contributed by atoms with Crippen molar-refractivity contribution in [2.75, 3.05) is 14.7 Å². The molecule has 3 heterocycles. The second kappa shape index (κ2) is 18.0. The highest BCUT2D eigenvalue weighted by Crippen LogP contribution is 2.62. The molecule has 0 radical (unpaired) electrons. The van der Waals surface area contributed by atoms with Crippen LogP contribution in [0.15, 0.2) is 200 Å². The van der Waals surface area contributed by atoms with Crippen molar-refractivity contribution in [2.45, 2.75) is 129 Å². The lowest BCUT2D eigenvalue weighted by atomic mass is 9.33. The maximum Gasteiger partial charge on any atom is 0.252 e. The molecule has 2 unspecified atom stereocenters. The molecule has 0 amide bonds. The monoisotopic (exact) mass is 1020 g/mol. The summed E-state index contributed by atoms with van der Waals surface area (Å²) in [7, 11) is 0. The first-order valence-electron chi connectivity index (χ1n) is 28.8. The zero-order chi connectivity index (χ0) is 54.1. The summed E-state index contributed by atoms with van der Waals surface area (Å²) < 4.78 is 0. The van der Waals surface area contributed by atoms with Gasteiger partial charge in [0.15, 0.2) is 0 Å². The SMILES string of the molecule is CC(C)(C)c1ccc(-c2ccc3c(c2)C2(C)CCCCC2(C)N3c2cc3c4c(c2)N(c2ccc(C(C)(C)C)cc2-c2ccccc2)c2ccccc2B4c2ccccc2N3c2ccc(C(C)(C)C)cc2-c2ccccc2)cc1. The molecular weight excluding hydrogens is 942 g/mol. The van der Waals surface area contributed by atoms with E-state index in [1.807, 2.05) is 0 Å². The standard InChI is InChI=1S/C74H74BN3/c1-70(2,3)53-35-32-49(33-36-53)52-34-39-64-59(44-52)73(10)42-22-23-43-74(73,11)78(64)56-47-67-69-68(48-56)77(63-41-38-55(72(7,8)9)46-58(63)51-26-16-13-17-27-51)66-31-21-19-29-61(66)75(69)60-28-18-20-30-65(60)76(67)62-40-37-54(71(4,5)6)45-57(62)50-24-14-12-15-25-50/h12-21,24-41,44-48H,22-23,42-43H2,1-11H3. The van der Waals surface area contributed by atoms with Gasteiger partial charge in [0, 0.05) is 50.7 Å². The third-order valence-corrected chi connectivity index (χ3v) is 18.7. The van der Waals surface area contributed by atoms with Crippen LogP contribution in [0, 0.1) is 0 Å². The average molecular weight is 1020 g/mol. The molecule has 1 saturated carbocycles. The zero-order valence-corrected chi connectivity index (χ0v) is 47.8. The molecule has 0 N–H and O–H groups in total. The Labute approximate surface area is 465 Å². The summed E-state index contributed by atoms with van der Waals surface area (Å²) in [5, 5.41) is 0. The van der Waals surface area contributed by atoms with Gasteiger partial charge in [-0.25, -0.2) is 0 Å². The predicted molar refractivity (Wildman–Crippen MR) is 336 cm³/mol. The van der Waals surface area contributed by atoms with E-state index < -0.39 is 0 Å². The Hall–Kier alpha value is -7.56. The highest BCUT2D eigenvalue weighted by atomic mass is 15.3. The highest BCUT2D eigenvalue weighted by molar-refractivity contribution is 7.00. The molecule has 3 aliphatic heterocycles. The van der Waals surface area contributed by atoms with E-state index in [1.54, 1.807) is 0 Å². The zero-order valence-electron chi connectivity index (χ0n) is 47.8. The van der Waals surface area contributed by atoms with Crippen molar-refractivity contribution in [1.29, 1.82) is 0 Å². The number of benzene rings is 9. The van der Waals surface area contributed by atoms with Gasteiger partial charge in [0.05, 0.1) is 16.9 Å². The van der Waals surface area contributed by atoms with E-state index in [0.29, 0.717) is 0 Å². The summed E-state index contributed by atoms with van der Waals surface area (Å²) in [6, 6.07) is 77.3. The third kappa shape index (κ3) is 7.83. The van der Waals surface area contributed by atoms with Crippen molar-refractivity contribution >= 4 is 68.6 Å². The van der Waals surface area contributed by atoms with Crippen molar-refractivity contribution in [1.82, 2.24) is 0 Å². The van der Waals surface area contributed by atoms with Crippen LogP contribution in [0.4, 0.5) is 45.5 Å². The number of hydrogen-bond donors (Lipinski definition) is 0. The Morgan fingerprint density at radius 2 is 0.808 bits per heavy atom. The molecule has 4 heteroatoms. The minimum atomic E-state index is -0.204. The van der Waals surface area contributed by atoms with Gasteiger partial charge in [-0.1, -0.05) is 222 Å². The number of nitrogens with zero attached hydrogens (tertiary/aromatic N) is 3. The molecule has 78 heavy (non-hydrogen) atoms. The lowest BCUT2D eigenvalue weighted by molar-refractivity contribution is 0.195. The molecule has 9 aromatic rings. The van der Waals surface area contributed by atoms with Crippen LogP contribution in [0.1, 0.15) is 124 Å². The molecule has 13 rings (SSSR count). The molecule has 1 fully saturated rings. The summed E-state index contributed by atoms with van der Waals surface area (Å²) in [5.41, 5.74) is 26.4. The first kappa shape index (κ1) is 50.0. The van der Waals surface area contributed by atoms with Gasteiger partial charge in [0.1, 0.15) is 0 Å². The molecule has 1 aliphatic carbocycles. The maximum atomic E-state index is 2.82. The average Bonchev–Trinajstić information content (AvgIpc) is 3.51. The Morgan fingerprint density at radius 3 is 1.31 bits per heavy atom. The lowest BCUT2D eigenvalue weighted by Crippen LogP contribution is -2.61. The van der Waals surface area contributed by atoms with E-state index in [1.165, 1.54) is 130 Å². The van der Waals surface area contributed by atoms with Crippen molar-refractivity contribution in [3.63, 3.8) is 0 Å². The van der Waals surface area contributed by atoms with Gasteiger partial charge in [-0.05, 0) is 158 Å². The first-order chi connectivity index (χ1) is 37.3. The molecule has 0 saturated heterocycles. The van der Waals surface area contributed by atoms with Gasteiger partial charge in [-0.15, -0.1) is 0 Å². The third-order valence-electron chi connectivity index (χ3n) is 18.7. The number of hydrogen-bond acceptors (Lipinski definition) is 3. The molecule has 0 aromatic heterocycles. The van der Waals surface area contributed by atoms with Crippen LogP contribution in [0.3, 0.4) is 0 Å². The van der Waals surface area contributed by atoms with Gasteiger partial charge in [0.2, 0.25) is 0 Å². The Balaban J connectivity index is 1.13. The van der Waals surface area contributed by atoms with E-state index >= 15 is 0 Å². The molecule has 388 valence electrons. The fourth-order valence-corrected chi connectivity index (χ4v) is 14.1. The molecule has 2 atom stereocenters. The molecule has 0 spiro atoms. The van der Waals surface area contributed by atoms with Crippen LogP contribution < -0.4 is 31.1 Å². The number of para-hydroxylation sites is 2. The van der Waals surface area contributed by atoms with Gasteiger partial charge in [-0.3, -0.25) is 0 Å². The summed E-state index contributed by atoms with van der Waals surface area (Å²) in [4.78, 5) is 8.12. The van der Waals surface area contributed by atoms with Crippen molar-refractivity contribution in [3.8, 4) is 33.4 Å². The van der Waals surface area contributed by atoms with Crippen LogP contribution in [0.25, 0.3) is 33.4 Å². The van der Waals surface area contributed by atoms with Gasteiger partial charge in [0.25, 0.3) is 6.71 Å². The van der Waals surface area contributed by atoms with Crippen LogP contribution in [0.2, 0.25) is 0 Å². The summed E-state index contributed by atoms with van der Waals surface area (Å²) >= 11 is 0. The van der Waals surface area contributed by atoms with Gasteiger partial charge >= 0.3 is 0 Å². The maximum absolute atomic E-state index is 2.82. The quantitative estimate of drug-likeness (QED) is 0.154. The summed E-state index contributed by atoms with van der Waals surface area (Å²) in [5.74, 6) is 0. The van der Waals surface area contributed by atoms with E-state index in [-0.39, 0.29) is 33.9 Å².